The van der Waals surface area contributed by atoms with Crippen molar-refractivity contribution in [3.8, 4) is 0 Å². The lowest BCUT2D eigenvalue weighted by atomic mass is 9.80. The number of allylic oxidation sites excluding steroid dienone is 1. The van der Waals surface area contributed by atoms with E-state index in [1.807, 2.05) is 0 Å². The zero-order valence-electron chi connectivity index (χ0n) is 25.0. The number of carbonyl (C=O) groups excluding carboxylic acids is 4. The number of esters is 2. The molecule has 45 heavy (non-hydrogen) atoms. The van der Waals surface area contributed by atoms with Crippen molar-refractivity contribution < 1.29 is 57.5 Å². The van der Waals surface area contributed by atoms with Gasteiger partial charge in [0.05, 0.1) is 49.7 Å². The molecular formula is C28H34ClN3O13. The molecule has 16 nitrogen and oxygen atoms in total. The SMILES string of the molecule is CCOC(=O)C1=C(COCCNC(=O)OCC=CCOC(=O)OC(C)O[N+](=O)[O-])NC(C)=C(C(=O)OC)C1c1ccccc1Cl. The van der Waals surface area contributed by atoms with Crippen molar-refractivity contribution in [3.63, 3.8) is 0 Å². The highest BCUT2D eigenvalue weighted by Gasteiger charge is 2.39. The van der Waals surface area contributed by atoms with Crippen molar-refractivity contribution in [2.24, 2.45) is 0 Å². The van der Waals surface area contributed by atoms with Crippen molar-refractivity contribution in [1.82, 2.24) is 10.6 Å². The number of hydrogen-bond acceptors (Lipinski definition) is 14. The van der Waals surface area contributed by atoms with E-state index < -0.39 is 41.5 Å². The van der Waals surface area contributed by atoms with Crippen LogP contribution in [0.1, 0.15) is 32.3 Å². The normalized spacial score (nSPS) is 15.1. The van der Waals surface area contributed by atoms with E-state index in [2.05, 4.69) is 24.9 Å². The number of methoxy groups -OCH3 is 1. The Labute approximate surface area is 263 Å². The lowest BCUT2D eigenvalue weighted by Gasteiger charge is -2.31. The van der Waals surface area contributed by atoms with Crippen molar-refractivity contribution in [3.05, 3.63) is 79.7 Å². The number of rotatable bonds is 16. The fourth-order valence-corrected chi connectivity index (χ4v) is 4.24. The van der Waals surface area contributed by atoms with Crippen molar-refractivity contribution >= 4 is 35.8 Å². The van der Waals surface area contributed by atoms with Crippen molar-refractivity contribution in [2.45, 2.75) is 33.0 Å². The van der Waals surface area contributed by atoms with Crippen molar-refractivity contribution in [1.29, 1.82) is 0 Å². The van der Waals surface area contributed by atoms with Crippen molar-refractivity contribution in [2.75, 3.05) is 46.7 Å². The molecular weight excluding hydrogens is 622 g/mol. The van der Waals surface area contributed by atoms with Crippen LogP contribution in [0.25, 0.3) is 0 Å². The second-order valence-corrected chi connectivity index (χ2v) is 9.25. The molecule has 2 unspecified atom stereocenters. The second-order valence-electron chi connectivity index (χ2n) is 8.85. The van der Waals surface area contributed by atoms with E-state index in [1.165, 1.54) is 19.3 Å². The summed E-state index contributed by atoms with van der Waals surface area (Å²) in [6.07, 6.45) is -0.617. The lowest BCUT2D eigenvalue weighted by molar-refractivity contribution is -0.777. The Bertz CT molecular complexity index is 1330. The Hall–Kier alpha value is -4.83. The number of carbonyl (C=O) groups is 4. The number of amides is 1. The maximum atomic E-state index is 13.2. The van der Waals surface area contributed by atoms with Gasteiger partial charge in [-0.25, -0.2) is 19.2 Å². The first-order valence-electron chi connectivity index (χ1n) is 13.5. The van der Waals surface area contributed by atoms with Gasteiger partial charge in [-0.3, -0.25) is 4.84 Å². The molecule has 2 atom stereocenters. The minimum Gasteiger partial charge on any atom is -0.466 e. The number of alkyl carbamates (subject to hydrolysis) is 1. The van der Waals surface area contributed by atoms with Crippen LogP contribution in [0.3, 0.4) is 0 Å². The van der Waals surface area contributed by atoms with Crippen LogP contribution in [0, 0.1) is 10.1 Å². The van der Waals surface area contributed by atoms with Gasteiger partial charge < -0.3 is 39.1 Å². The minimum absolute atomic E-state index is 0.0319. The average Bonchev–Trinajstić information content (AvgIpc) is 2.97. The highest BCUT2D eigenvalue weighted by molar-refractivity contribution is 6.31. The van der Waals surface area contributed by atoms with Gasteiger partial charge in [0.15, 0.2) is 0 Å². The molecule has 1 aliphatic rings. The monoisotopic (exact) mass is 655 g/mol. The average molecular weight is 656 g/mol. The van der Waals surface area contributed by atoms with Crippen LogP contribution >= 0.6 is 11.6 Å². The molecule has 0 saturated heterocycles. The number of dihydropyridines is 1. The standard InChI is InChI=1S/C28H34ClN3O13/c1-5-41-26(34)24-21(31-17(2)22(25(33)39-4)23(24)19-10-6-7-11-20(19)29)16-40-15-12-30-27(35)42-13-8-9-14-43-28(36)44-18(3)45-32(37)38/h6-11,18,23,31H,5,12-16H2,1-4H3,(H,30,35). The Balaban J connectivity index is 1.92. The maximum absolute atomic E-state index is 13.2. The van der Waals surface area contributed by atoms with Gasteiger partial charge in [0.25, 0.3) is 5.09 Å². The molecule has 0 fully saturated rings. The predicted molar refractivity (Wildman–Crippen MR) is 155 cm³/mol. The van der Waals surface area contributed by atoms with Gasteiger partial charge in [-0.2, -0.15) is 0 Å². The van der Waals surface area contributed by atoms with E-state index in [9.17, 15) is 29.3 Å². The zero-order chi connectivity index (χ0) is 33.4. The topological polar surface area (TPSA) is 200 Å². The van der Waals surface area contributed by atoms with E-state index >= 15 is 0 Å². The number of nitrogens with one attached hydrogen (secondary N) is 2. The quantitative estimate of drug-likeness (QED) is 0.0500. The zero-order valence-corrected chi connectivity index (χ0v) is 25.7. The third-order valence-corrected chi connectivity index (χ3v) is 6.14. The largest absolute Gasteiger partial charge is 0.510 e. The number of ether oxygens (including phenoxy) is 6. The van der Waals surface area contributed by atoms with E-state index in [4.69, 9.17) is 30.5 Å². The smallest absolute Gasteiger partial charge is 0.466 e. The summed E-state index contributed by atoms with van der Waals surface area (Å²) >= 11 is 6.49. The molecule has 0 saturated carbocycles. The molecule has 0 bridgehead atoms. The predicted octanol–water partition coefficient (Wildman–Crippen LogP) is 3.30. The molecule has 17 heteroatoms. The van der Waals surface area contributed by atoms with Gasteiger partial charge >= 0.3 is 24.2 Å². The Morgan fingerprint density at radius 3 is 2.42 bits per heavy atom. The molecule has 0 radical (unpaired) electrons. The third kappa shape index (κ3) is 11.6. The van der Waals surface area contributed by atoms with Crippen LogP contribution in [0.2, 0.25) is 5.02 Å². The summed E-state index contributed by atoms with van der Waals surface area (Å²) in [5.74, 6) is -2.21. The fraction of sp³-hybridized carbons (Fsp3) is 0.429. The summed E-state index contributed by atoms with van der Waals surface area (Å²) in [4.78, 5) is 63.4. The van der Waals surface area contributed by atoms with Gasteiger partial charge in [0.2, 0.25) is 6.29 Å². The summed E-state index contributed by atoms with van der Waals surface area (Å²) in [6, 6.07) is 6.81. The second kappa shape index (κ2) is 18.7. The van der Waals surface area contributed by atoms with E-state index in [0.29, 0.717) is 22.0 Å². The molecule has 2 N–H and O–H groups in total. The van der Waals surface area contributed by atoms with Gasteiger partial charge in [0, 0.05) is 17.3 Å². The summed E-state index contributed by atoms with van der Waals surface area (Å²) in [5.41, 5.74) is 1.62. The van der Waals surface area contributed by atoms with Crippen LogP contribution in [0.15, 0.2) is 59.0 Å². The van der Waals surface area contributed by atoms with E-state index in [0.717, 1.165) is 6.92 Å². The number of hydrogen-bond donors (Lipinski definition) is 2. The molecule has 1 aliphatic heterocycles. The molecule has 1 aromatic carbocycles. The fourth-order valence-electron chi connectivity index (χ4n) is 4.00. The van der Waals surface area contributed by atoms with E-state index in [-0.39, 0.29) is 50.7 Å². The number of nitrogens with zero attached hydrogens (tertiary/aromatic N) is 1. The van der Waals surface area contributed by atoms with Crippen LogP contribution in [-0.4, -0.2) is 82.3 Å². The van der Waals surface area contributed by atoms with Crippen LogP contribution < -0.4 is 10.6 Å². The molecule has 246 valence electrons. The highest BCUT2D eigenvalue weighted by Crippen LogP contribution is 2.41. The summed E-state index contributed by atoms with van der Waals surface area (Å²) < 4.78 is 30.1. The van der Waals surface area contributed by atoms with Crippen LogP contribution in [0.5, 0.6) is 0 Å². The minimum atomic E-state index is -1.44. The Morgan fingerprint density at radius 1 is 1.09 bits per heavy atom. The molecule has 1 amide bonds. The highest BCUT2D eigenvalue weighted by atomic mass is 35.5. The van der Waals surface area contributed by atoms with Crippen LogP contribution in [0.4, 0.5) is 9.59 Å². The first-order chi connectivity index (χ1) is 21.5. The first kappa shape index (κ1) is 36.4. The molecule has 1 aromatic rings. The Kier molecular flexibility index (Phi) is 15.2. The van der Waals surface area contributed by atoms with Gasteiger partial charge in [-0.1, -0.05) is 29.8 Å². The molecule has 0 aliphatic carbocycles. The first-order valence-corrected chi connectivity index (χ1v) is 13.9. The summed E-state index contributed by atoms with van der Waals surface area (Å²) in [6.45, 7) is 4.14. The van der Waals surface area contributed by atoms with Crippen LogP contribution in [-0.2, 0) is 42.8 Å². The number of halogens is 1. The third-order valence-electron chi connectivity index (χ3n) is 5.80. The molecule has 2 rings (SSSR count). The lowest BCUT2D eigenvalue weighted by Crippen LogP contribution is -2.35. The Morgan fingerprint density at radius 2 is 1.78 bits per heavy atom. The summed E-state index contributed by atoms with van der Waals surface area (Å²) in [5, 5.41) is 14.9. The van der Waals surface area contributed by atoms with E-state index in [1.54, 1.807) is 38.1 Å². The van der Waals surface area contributed by atoms with Gasteiger partial charge in [-0.05, 0) is 44.6 Å². The maximum Gasteiger partial charge on any atom is 0.510 e. The summed E-state index contributed by atoms with van der Waals surface area (Å²) in [7, 11) is 1.24. The molecule has 0 aromatic heterocycles. The van der Waals surface area contributed by atoms with Gasteiger partial charge in [0.1, 0.15) is 13.2 Å². The molecule has 1 heterocycles. The number of benzene rings is 1. The van der Waals surface area contributed by atoms with Gasteiger partial charge in [-0.15, -0.1) is 10.1 Å². The molecule has 0 spiro atoms.